The van der Waals surface area contributed by atoms with E-state index in [0.717, 1.165) is 6.20 Å². The van der Waals surface area contributed by atoms with Gasteiger partial charge in [-0.05, 0) is 18.6 Å². The lowest BCUT2D eigenvalue weighted by atomic mass is 10.1. The zero-order chi connectivity index (χ0) is 13.0. The Morgan fingerprint density at radius 2 is 2.24 bits per heavy atom. The highest BCUT2D eigenvalue weighted by Crippen LogP contribution is 2.18. The van der Waals surface area contributed by atoms with Crippen molar-refractivity contribution in [2.75, 3.05) is 6.54 Å². The second-order valence-corrected chi connectivity index (χ2v) is 3.80. The number of nitrogens with zero attached hydrogens (tertiary/aromatic N) is 1. The number of amides is 1. The van der Waals surface area contributed by atoms with Gasteiger partial charge in [-0.25, -0.2) is 4.39 Å². The Kier molecular flexibility index (Phi) is 4.53. The lowest BCUT2D eigenvalue weighted by Crippen LogP contribution is -2.34. The Morgan fingerprint density at radius 1 is 1.59 bits per heavy atom. The van der Waals surface area contributed by atoms with E-state index in [1.54, 1.807) is 6.92 Å². The first-order chi connectivity index (χ1) is 7.91. The van der Waals surface area contributed by atoms with Gasteiger partial charge in [-0.1, -0.05) is 0 Å². The number of aryl methyl sites for hydroxylation is 1. The molecular formula is C11H15FN2O3. The van der Waals surface area contributed by atoms with Gasteiger partial charge in [0.1, 0.15) is 18.0 Å². The Labute approximate surface area is 98.3 Å². The Bertz CT molecular complexity index is 412. The van der Waals surface area contributed by atoms with E-state index < -0.39 is 18.0 Å². The van der Waals surface area contributed by atoms with Crippen LogP contribution in [0.2, 0.25) is 0 Å². The Balaban J connectivity index is 2.74. The van der Waals surface area contributed by atoms with Crippen LogP contribution in [0.4, 0.5) is 4.39 Å². The number of nitrogens with one attached hydrogen (secondary N) is 1. The summed E-state index contributed by atoms with van der Waals surface area (Å²) in [4.78, 5) is 14.4. The maximum Gasteiger partial charge on any atom is 0.216 e. The summed E-state index contributed by atoms with van der Waals surface area (Å²) < 4.78 is 12.8. The minimum Gasteiger partial charge on any atom is -0.388 e. The first-order valence-corrected chi connectivity index (χ1v) is 5.14. The summed E-state index contributed by atoms with van der Waals surface area (Å²) in [6, 6.07) is 1.22. The van der Waals surface area contributed by atoms with Crippen molar-refractivity contribution in [3.63, 3.8) is 0 Å². The lowest BCUT2D eigenvalue weighted by molar-refractivity contribution is -0.119. The molecule has 0 aliphatic rings. The molecule has 6 heteroatoms. The van der Waals surface area contributed by atoms with E-state index in [2.05, 4.69) is 10.3 Å². The highest BCUT2D eigenvalue weighted by Gasteiger charge is 2.21. The number of hydrogen-bond donors (Lipinski definition) is 3. The third-order valence-electron chi connectivity index (χ3n) is 2.29. The molecule has 0 aliphatic heterocycles. The fourth-order valence-electron chi connectivity index (χ4n) is 1.40. The number of pyridine rings is 1. The van der Waals surface area contributed by atoms with Gasteiger partial charge in [-0.15, -0.1) is 0 Å². The third kappa shape index (κ3) is 3.76. The molecule has 2 atom stereocenters. The summed E-state index contributed by atoms with van der Waals surface area (Å²) in [6.07, 6.45) is -1.48. The van der Waals surface area contributed by atoms with Crippen molar-refractivity contribution in [1.82, 2.24) is 10.3 Å². The zero-order valence-corrected chi connectivity index (χ0v) is 9.64. The molecular weight excluding hydrogens is 227 g/mol. The van der Waals surface area contributed by atoms with Crippen LogP contribution in [0.25, 0.3) is 0 Å². The number of aliphatic hydroxyl groups excluding tert-OH is 2. The molecule has 1 amide bonds. The maximum atomic E-state index is 12.8. The number of carbonyl (C=O) groups excluding carboxylic acids is 1. The summed E-state index contributed by atoms with van der Waals surface area (Å²) in [5.74, 6) is -0.810. The summed E-state index contributed by atoms with van der Waals surface area (Å²) in [6.45, 7) is 2.80. The third-order valence-corrected chi connectivity index (χ3v) is 2.29. The van der Waals surface area contributed by atoms with Gasteiger partial charge in [0.05, 0.1) is 11.9 Å². The number of aromatic nitrogens is 1. The second-order valence-electron chi connectivity index (χ2n) is 3.80. The number of rotatable bonds is 4. The molecule has 0 bridgehead atoms. The zero-order valence-electron chi connectivity index (χ0n) is 9.64. The smallest absolute Gasteiger partial charge is 0.216 e. The molecule has 1 rings (SSSR count). The summed E-state index contributed by atoms with van der Waals surface area (Å²) in [5.41, 5.74) is 0.642. The number of hydrogen-bond acceptors (Lipinski definition) is 4. The highest BCUT2D eigenvalue weighted by atomic mass is 19.1. The fourth-order valence-corrected chi connectivity index (χ4v) is 1.40. The van der Waals surface area contributed by atoms with Gasteiger partial charge in [0.15, 0.2) is 0 Å². The molecule has 0 saturated heterocycles. The summed E-state index contributed by atoms with van der Waals surface area (Å²) >= 11 is 0. The van der Waals surface area contributed by atoms with E-state index in [4.69, 9.17) is 0 Å². The molecule has 5 nitrogen and oxygen atoms in total. The van der Waals surface area contributed by atoms with Crippen molar-refractivity contribution in [1.29, 1.82) is 0 Å². The van der Waals surface area contributed by atoms with Crippen molar-refractivity contribution >= 4 is 5.91 Å². The first-order valence-electron chi connectivity index (χ1n) is 5.14. The molecule has 94 valence electrons. The standard InChI is InChI=1S/C11H15FN2O3/c1-6-3-8(12)4-14-10(6)11(17)9(16)5-13-7(2)15/h3-4,9,11,16-17H,5H2,1-2H3,(H,13,15). The van der Waals surface area contributed by atoms with E-state index in [0.29, 0.717) is 5.56 Å². The topological polar surface area (TPSA) is 82.5 Å². The quantitative estimate of drug-likeness (QED) is 0.697. The molecule has 0 radical (unpaired) electrons. The minimum absolute atomic E-state index is 0.0883. The molecule has 17 heavy (non-hydrogen) atoms. The summed E-state index contributed by atoms with van der Waals surface area (Å²) in [5, 5.41) is 21.8. The lowest BCUT2D eigenvalue weighted by Gasteiger charge is -2.18. The van der Waals surface area contributed by atoms with E-state index in [1.165, 1.54) is 13.0 Å². The van der Waals surface area contributed by atoms with Gasteiger partial charge in [0.25, 0.3) is 0 Å². The van der Waals surface area contributed by atoms with E-state index in [9.17, 15) is 19.4 Å². The average molecular weight is 242 g/mol. The van der Waals surface area contributed by atoms with E-state index in [-0.39, 0.29) is 18.1 Å². The van der Waals surface area contributed by atoms with E-state index in [1.807, 2.05) is 0 Å². The normalized spacial score (nSPS) is 14.2. The van der Waals surface area contributed by atoms with Gasteiger partial charge in [0, 0.05) is 13.5 Å². The fraction of sp³-hybridized carbons (Fsp3) is 0.455. The second kappa shape index (κ2) is 5.70. The maximum absolute atomic E-state index is 12.8. The summed E-state index contributed by atoms with van der Waals surface area (Å²) in [7, 11) is 0. The van der Waals surface area contributed by atoms with Crippen LogP contribution < -0.4 is 5.32 Å². The molecule has 0 saturated carbocycles. The molecule has 0 spiro atoms. The Hall–Kier alpha value is -1.53. The monoisotopic (exact) mass is 242 g/mol. The van der Waals surface area contributed by atoms with Crippen molar-refractivity contribution in [2.45, 2.75) is 26.1 Å². The molecule has 1 aromatic rings. The average Bonchev–Trinajstić information content (AvgIpc) is 2.25. The number of carbonyl (C=O) groups is 1. The largest absolute Gasteiger partial charge is 0.388 e. The van der Waals surface area contributed by atoms with Gasteiger partial charge < -0.3 is 15.5 Å². The SMILES string of the molecule is CC(=O)NCC(O)C(O)c1ncc(F)cc1C. The molecule has 1 heterocycles. The van der Waals surface area contributed by atoms with Crippen molar-refractivity contribution in [3.8, 4) is 0 Å². The first kappa shape index (κ1) is 13.5. The van der Waals surface area contributed by atoms with Crippen LogP contribution in [0.15, 0.2) is 12.3 Å². The predicted octanol–water partition coefficient (Wildman–Crippen LogP) is 0.0595. The molecule has 0 aliphatic carbocycles. The number of halogens is 1. The molecule has 3 N–H and O–H groups in total. The van der Waals surface area contributed by atoms with Crippen molar-refractivity contribution < 1.29 is 19.4 Å². The molecule has 1 aromatic heterocycles. The van der Waals surface area contributed by atoms with Gasteiger partial charge in [0.2, 0.25) is 5.91 Å². The Morgan fingerprint density at radius 3 is 2.76 bits per heavy atom. The van der Waals surface area contributed by atoms with Crippen LogP contribution in [0.5, 0.6) is 0 Å². The molecule has 2 unspecified atom stereocenters. The molecule has 0 fully saturated rings. The van der Waals surface area contributed by atoms with Crippen LogP contribution >= 0.6 is 0 Å². The number of aliphatic hydroxyl groups is 2. The van der Waals surface area contributed by atoms with Gasteiger partial charge in [-0.3, -0.25) is 9.78 Å². The van der Waals surface area contributed by atoms with Crippen LogP contribution in [-0.4, -0.2) is 33.8 Å². The van der Waals surface area contributed by atoms with Crippen LogP contribution in [0, 0.1) is 12.7 Å². The highest BCUT2D eigenvalue weighted by molar-refractivity contribution is 5.72. The van der Waals surface area contributed by atoms with E-state index >= 15 is 0 Å². The van der Waals surface area contributed by atoms with Crippen LogP contribution in [0.1, 0.15) is 24.3 Å². The van der Waals surface area contributed by atoms with Gasteiger partial charge in [-0.2, -0.15) is 0 Å². The minimum atomic E-state index is -1.26. The van der Waals surface area contributed by atoms with Crippen LogP contribution in [0.3, 0.4) is 0 Å². The van der Waals surface area contributed by atoms with Gasteiger partial charge >= 0.3 is 0 Å². The van der Waals surface area contributed by atoms with Crippen LogP contribution in [-0.2, 0) is 4.79 Å². The van der Waals surface area contributed by atoms with Crippen molar-refractivity contribution in [3.05, 3.63) is 29.3 Å². The van der Waals surface area contributed by atoms with Crippen molar-refractivity contribution in [2.24, 2.45) is 0 Å². The molecule has 0 aromatic carbocycles. The predicted molar refractivity (Wildman–Crippen MR) is 58.6 cm³/mol.